The van der Waals surface area contributed by atoms with Crippen molar-refractivity contribution in [3.8, 4) is 16.8 Å². The van der Waals surface area contributed by atoms with Crippen LogP contribution in [0, 0.1) is 5.82 Å². The van der Waals surface area contributed by atoms with Crippen LogP contribution >= 0.6 is 0 Å². The number of aromatic amines is 1. The summed E-state index contributed by atoms with van der Waals surface area (Å²) in [6, 6.07) is 17.7. The third-order valence-electron chi connectivity index (χ3n) is 6.68. The second-order valence-electron chi connectivity index (χ2n) is 8.64. The lowest BCUT2D eigenvalue weighted by atomic mass is 9.88. The molecular formula is C27H22FN3O3. The second-order valence-corrected chi connectivity index (χ2v) is 8.64. The molecule has 0 radical (unpaired) electrons. The number of hydrogen-bond donors (Lipinski definition) is 2. The van der Waals surface area contributed by atoms with E-state index in [1.165, 1.54) is 12.1 Å². The molecule has 1 fully saturated rings. The van der Waals surface area contributed by atoms with Crippen molar-refractivity contribution in [2.45, 2.75) is 18.8 Å². The quantitative estimate of drug-likeness (QED) is 0.353. The molecule has 0 amide bonds. The molecule has 6 nitrogen and oxygen atoms in total. The van der Waals surface area contributed by atoms with Crippen LogP contribution in [0.1, 0.15) is 34.8 Å². The zero-order chi connectivity index (χ0) is 23.2. The van der Waals surface area contributed by atoms with Crippen molar-refractivity contribution in [1.82, 2.24) is 14.8 Å². The summed E-state index contributed by atoms with van der Waals surface area (Å²) in [4.78, 5) is 12.2. The maximum absolute atomic E-state index is 13.8. The van der Waals surface area contributed by atoms with Crippen molar-refractivity contribution in [3.63, 3.8) is 0 Å². The van der Waals surface area contributed by atoms with E-state index in [2.05, 4.69) is 20.8 Å². The summed E-state index contributed by atoms with van der Waals surface area (Å²) in [7, 11) is 0. The lowest BCUT2D eigenvalue weighted by Gasteiger charge is -2.26. The van der Waals surface area contributed by atoms with Gasteiger partial charge in [-0.15, -0.1) is 0 Å². The number of nitrogens with zero attached hydrogens (tertiary/aromatic N) is 2. The van der Waals surface area contributed by atoms with E-state index in [-0.39, 0.29) is 17.3 Å². The molecule has 3 heterocycles. The van der Waals surface area contributed by atoms with Crippen molar-refractivity contribution in [1.29, 1.82) is 0 Å². The number of aromatic nitrogens is 3. The van der Waals surface area contributed by atoms with Gasteiger partial charge >= 0.3 is 5.97 Å². The fourth-order valence-electron chi connectivity index (χ4n) is 5.14. The molecule has 170 valence electrons. The number of H-pyrrole nitrogens is 1. The van der Waals surface area contributed by atoms with Gasteiger partial charge in [-0.1, -0.05) is 18.2 Å². The molecule has 0 aliphatic carbocycles. The fraction of sp³-hybridized carbons (Fsp3) is 0.185. The average molecular weight is 455 g/mol. The van der Waals surface area contributed by atoms with Crippen LogP contribution in [-0.4, -0.2) is 39.1 Å². The number of fused-ring (bicyclic) bond motifs is 2. The summed E-state index contributed by atoms with van der Waals surface area (Å²) in [5.74, 6) is -1.13. The molecule has 1 saturated heterocycles. The predicted molar refractivity (Wildman–Crippen MR) is 128 cm³/mol. The number of nitrogens with one attached hydrogen (secondary N) is 1. The lowest BCUT2D eigenvalue weighted by molar-refractivity contribution is 0.0697. The Hall–Kier alpha value is -3.97. The fourth-order valence-corrected chi connectivity index (χ4v) is 5.14. The van der Waals surface area contributed by atoms with Crippen molar-refractivity contribution < 1.29 is 19.0 Å². The molecule has 0 bridgehead atoms. The zero-order valence-electron chi connectivity index (χ0n) is 18.3. The highest BCUT2D eigenvalue weighted by Crippen LogP contribution is 2.45. The number of carboxylic acid groups (broad SMARTS) is 1. The van der Waals surface area contributed by atoms with Gasteiger partial charge in [-0.2, -0.15) is 5.10 Å². The highest BCUT2D eigenvalue weighted by molar-refractivity contribution is 6.09. The zero-order valence-corrected chi connectivity index (χ0v) is 18.3. The highest BCUT2D eigenvalue weighted by Gasteiger charge is 2.29. The van der Waals surface area contributed by atoms with Crippen molar-refractivity contribution in [3.05, 3.63) is 83.9 Å². The normalized spacial score (nSPS) is 14.7. The molecule has 34 heavy (non-hydrogen) atoms. The number of hydrogen-bond acceptors (Lipinski definition) is 3. The molecule has 0 spiro atoms. The Kier molecular flexibility index (Phi) is 4.92. The third kappa shape index (κ3) is 3.28. The number of halogens is 1. The molecule has 0 unspecified atom stereocenters. The Morgan fingerprint density at radius 2 is 1.85 bits per heavy atom. The summed E-state index contributed by atoms with van der Waals surface area (Å²) in [6.45, 7) is 1.28. The van der Waals surface area contributed by atoms with E-state index in [4.69, 9.17) is 4.74 Å². The Bertz CT molecular complexity index is 1530. The maximum atomic E-state index is 13.8. The van der Waals surface area contributed by atoms with Crippen LogP contribution in [0.3, 0.4) is 0 Å². The predicted octanol–water partition coefficient (Wildman–Crippen LogP) is 5.91. The van der Waals surface area contributed by atoms with Crippen molar-refractivity contribution in [2.24, 2.45) is 0 Å². The maximum Gasteiger partial charge on any atom is 0.336 e. The molecule has 5 aromatic rings. The molecule has 1 aliphatic rings. The summed E-state index contributed by atoms with van der Waals surface area (Å²) in [5.41, 5.74) is 5.46. The van der Waals surface area contributed by atoms with Crippen LogP contribution in [-0.2, 0) is 4.74 Å². The molecule has 3 aromatic carbocycles. The summed E-state index contributed by atoms with van der Waals surface area (Å²) in [6.07, 6.45) is 3.41. The van der Waals surface area contributed by atoms with Crippen LogP contribution in [0.15, 0.2) is 66.9 Å². The van der Waals surface area contributed by atoms with Crippen molar-refractivity contribution >= 4 is 27.8 Å². The van der Waals surface area contributed by atoms with Gasteiger partial charge < -0.3 is 14.4 Å². The van der Waals surface area contributed by atoms with Gasteiger partial charge in [0, 0.05) is 46.8 Å². The smallest absolute Gasteiger partial charge is 0.336 e. The first kappa shape index (κ1) is 20.6. The number of ether oxygens (including phenoxy) is 1. The Morgan fingerprint density at radius 3 is 2.62 bits per heavy atom. The third-order valence-corrected chi connectivity index (χ3v) is 6.68. The summed E-state index contributed by atoms with van der Waals surface area (Å²) in [5, 5.41) is 19.1. The van der Waals surface area contributed by atoms with Gasteiger partial charge in [-0.05, 0) is 60.9 Å². The molecule has 7 heteroatoms. The van der Waals surface area contributed by atoms with E-state index in [1.807, 2.05) is 18.2 Å². The molecule has 1 aliphatic heterocycles. The minimum Gasteiger partial charge on any atom is -0.478 e. The standard InChI is InChI=1S/C27H22FN3O3/c28-18-5-7-19(8-6-18)31-24-13-17-15-29-30-23(17)14-22(24)25(26(31)16-9-11-34-12-10-16)20-3-1-2-4-21(20)27(32)33/h1-8,13-16H,9-12H2,(H,29,30)(H,32,33). The average Bonchev–Trinajstić information content (AvgIpc) is 3.45. The van der Waals surface area contributed by atoms with Gasteiger partial charge in [-0.25, -0.2) is 9.18 Å². The van der Waals surface area contributed by atoms with E-state index < -0.39 is 5.97 Å². The Balaban J connectivity index is 1.78. The van der Waals surface area contributed by atoms with E-state index in [0.29, 0.717) is 18.8 Å². The van der Waals surface area contributed by atoms with E-state index in [0.717, 1.165) is 51.6 Å². The largest absolute Gasteiger partial charge is 0.478 e. The number of aromatic carboxylic acids is 1. The minimum atomic E-state index is -0.973. The van der Waals surface area contributed by atoms with E-state index in [9.17, 15) is 14.3 Å². The van der Waals surface area contributed by atoms with Gasteiger partial charge in [-0.3, -0.25) is 5.10 Å². The Labute approximate surface area is 194 Å². The van der Waals surface area contributed by atoms with Crippen LogP contribution < -0.4 is 0 Å². The van der Waals surface area contributed by atoms with Gasteiger partial charge in [0.05, 0.1) is 22.8 Å². The first-order valence-electron chi connectivity index (χ1n) is 11.3. The molecule has 6 rings (SSSR count). The number of rotatable bonds is 4. The SMILES string of the molecule is O=C(O)c1ccccc1-c1c(C2CCOCC2)n(-c2ccc(F)cc2)c2cc3cn[nH]c3cc12. The van der Waals surface area contributed by atoms with Crippen LogP contribution in [0.4, 0.5) is 4.39 Å². The minimum absolute atomic E-state index is 0.152. The number of carbonyl (C=O) groups is 1. The molecular weight excluding hydrogens is 433 g/mol. The Morgan fingerprint density at radius 1 is 1.09 bits per heavy atom. The van der Waals surface area contributed by atoms with Gasteiger partial charge in [0.1, 0.15) is 5.82 Å². The summed E-state index contributed by atoms with van der Waals surface area (Å²) < 4.78 is 21.7. The molecule has 2 N–H and O–H groups in total. The van der Waals surface area contributed by atoms with Gasteiger partial charge in [0.15, 0.2) is 0 Å². The van der Waals surface area contributed by atoms with Crippen LogP contribution in [0.25, 0.3) is 38.6 Å². The summed E-state index contributed by atoms with van der Waals surface area (Å²) >= 11 is 0. The van der Waals surface area contributed by atoms with Crippen LogP contribution in [0.2, 0.25) is 0 Å². The first-order valence-corrected chi connectivity index (χ1v) is 11.3. The second kappa shape index (κ2) is 8.11. The molecule has 0 saturated carbocycles. The van der Waals surface area contributed by atoms with Gasteiger partial charge in [0.25, 0.3) is 0 Å². The van der Waals surface area contributed by atoms with Gasteiger partial charge in [0.2, 0.25) is 0 Å². The monoisotopic (exact) mass is 455 g/mol. The van der Waals surface area contributed by atoms with E-state index in [1.54, 1.807) is 30.5 Å². The lowest BCUT2D eigenvalue weighted by Crippen LogP contribution is -2.17. The molecule has 0 atom stereocenters. The van der Waals surface area contributed by atoms with E-state index >= 15 is 0 Å². The van der Waals surface area contributed by atoms with Crippen molar-refractivity contribution in [2.75, 3.05) is 13.2 Å². The number of benzene rings is 3. The topological polar surface area (TPSA) is 80.1 Å². The number of carboxylic acids is 1. The van der Waals surface area contributed by atoms with Crippen LogP contribution in [0.5, 0.6) is 0 Å². The first-order chi connectivity index (χ1) is 16.6. The molecule has 2 aromatic heterocycles. The highest BCUT2D eigenvalue weighted by atomic mass is 19.1.